The Morgan fingerprint density at radius 1 is 1.20 bits per heavy atom. The van der Waals surface area contributed by atoms with Gasteiger partial charge in [0.2, 0.25) is 0 Å². The molecule has 0 aromatic carbocycles. The van der Waals surface area contributed by atoms with Crippen LogP contribution in [0.3, 0.4) is 0 Å². The van der Waals surface area contributed by atoms with E-state index in [1.807, 2.05) is 0 Å². The molecule has 4 heteroatoms. The third-order valence-electron chi connectivity index (χ3n) is 4.50. The zero-order chi connectivity index (χ0) is 14.4. The first-order valence-electron chi connectivity index (χ1n) is 8.30. The van der Waals surface area contributed by atoms with E-state index in [9.17, 15) is 0 Å². The molecule has 2 rings (SSSR count). The SMILES string of the molecule is CCCNC(c1snnc1CCC)C1CCC(C)CC1. The zero-order valence-electron chi connectivity index (χ0n) is 13.2. The predicted octanol–water partition coefficient (Wildman–Crippen LogP) is 4.36. The monoisotopic (exact) mass is 295 g/mol. The number of rotatable bonds is 7. The fourth-order valence-corrected chi connectivity index (χ4v) is 4.12. The lowest BCUT2D eigenvalue weighted by molar-refractivity contribution is 0.233. The van der Waals surface area contributed by atoms with Gasteiger partial charge >= 0.3 is 0 Å². The highest BCUT2D eigenvalue weighted by Gasteiger charge is 2.29. The van der Waals surface area contributed by atoms with Crippen LogP contribution in [0.1, 0.15) is 75.9 Å². The third kappa shape index (κ3) is 4.01. The van der Waals surface area contributed by atoms with Crippen molar-refractivity contribution < 1.29 is 0 Å². The second kappa shape index (κ2) is 8.08. The van der Waals surface area contributed by atoms with Crippen LogP contribution in [0.25, 0.3) is 0 Å². The molecule has 114 valence electrons. The molecule has 1 atom stereocenters. The van der Waals surface area contributed by atoms with Gasteiger partial charge in [0, 0.05) is 6.04 Å². The normalized spacial score (nSPS) is 24.8. The Labute approximate surface area is 127 Å². The molecule has 20 heavy (non-hydrogen) atoms. The van der Waals surface area contributed by atoms with Gasteiger partial charge in [-0.25, -0.2) is 0 Å². The molecule has 1 unspecified atom stereocenters. The largest absolute Gasteiger partial charge is 0.309 e. The quantitative estimate of drug-likeness (QED) is 0.812. The maximum atomic E-state index is 4.37. The highest BCUT2D eigenvalue weighted by Crippen LogP contribution is 2.38. The van der Waals surface area contributed by atoms with Gasteiger partial charge in [0.25, 0.3) is 0 Å². The molecule has 0 bridgehead atoms. The van der Waals surface area contributed by atoms with Gasteiger partial charge < -0.3 is 5.32 Å². The van der Waals surface area contributed by atoms with Crippen molar-refractivity contribution in [2.45, 2.75) is 71.8 Å². The van der Waals surface area contributed by atoms with Crippen LogP contribution in [-0.4, -0.2) is 16.1 Å². The molecular formula is C16H29N3S. The van der Waals surface area contributed by atoms with Crippen molar-refractivity contribution >= 4 is 11.5 Å². The summed E-state index contributed by atoms with van der Waals surface area (Å²) in [5.74, 6) is 1.68. The average molecular weight is 295 g/mol. The lowest BCUT2D eigenvalue weighted by Gasteiger charge is -2.33. The molecule has 1 aromatic heterocycles. The van der Waals surface area contributed by atoms with Gasteiger partial charge in [0.1, 0.15) is 0 Å². The summed E-state index contributed by atoms with van der Waals surface area (Å²) < 4.78 is 4.23. The zero-order valence-corrected chi connectivity index (χ0v) is 14.0. The van der Waals surface area contributed by atoms with Crippen LogP contribution in [0.2, 0.25) is 0 Å². The number of nitrogens with one attached hydrogen (secondary N) is 1. The van der Waals surface area contributed by atoms with E-state index in [0.717, 1.165) is 31.2 Å². The van der Waals surface area contributed by atoms with E-state index in [2.05, 4.69) is 35.7 Å². The molecule has 3 nitrogen and oxygen atoms in total. The molecular weight excluding hydrogens is 266 g/mol. The minimum atomic E-state index is 0.490. The van der Waals surface area contributed by atoms with E-state index in [-0.39, 0.29) is 0 Å². The summed E-state index contributed by atoms with van der Waals surface area (Å²) >= 11 is 1.62. The predicted molar refractivity (Wildman–Crippen MR) is 86.1 cm³/mol. The van der Waals surface area contributed by atoms with Crippen molar-refractivity contribution in [3.05, 3.63) is 10.6 Å². The van der Waals surface area contributed by atoms with E-state index in [0.29, 0.717) is 6.04 Å². The van der Waals surface area contributed by atoms with Gasteiger partial charge in [0.15, 0.2) is 0 Å². The van der Waals surface area contributed by atoms with E-state index >= 15 is 0 Å². The summed E-state index contributed by atoms with van der Waals surface area (Å²) in [7, 11) is 0. The molecule has 0 amide bonds. The van der Waals surface area contributed by atoms with Crippen molar-refractivity contribution in [3.8, 4) is 0 Å². The highest BCUT2D eigenvalue weighted by molar-refractivity contribution is 7.05. The van der Waals surface area contributed by atoms with Crippen LogP contribution in [-0.2, 0) is 6.42 Å². The first kappa shape index (κ1) is 15.9. The van der Waals surface area contributed by atoms with Crippen molar-refractivity contribution in [1.29, 1.82) is 0 Å². The summed E-state index contributed by atoms with van der Waals surface area (Å²) in [5.41, 5.74) is 1.24. The number of aromatic nitrogens is 2. The number of hydrogen-bond donors (Lipinski definition) is 1. The molecule has 1 N–H and O–H groups in total. The second-order valence-corrected chi connectivity index (χ2v) is 7.07. The van der Waals surface area contributed by atoms with Gasteiger partial charge in [-0.05, 0) is 55.6 Å². The fraction of sp³-hybridized carbons (Fsp3) is 0.875. The van der Waals surface area contributed by atoms with E-state index < -0.39 is 0 Å². The van der Waals surface area contributed by atoms with Crippen molar-refractivity contribution in [2.75, 3.05) is 6.54 Å². The Kier molecular flexibility index (Phi) is 6.43. The van der Waals surface area contributed by atoms with Crippen molar-refractivity contribution in [2.24, 2.45) is 11.8 Å². The minimum Gasteiger partial charge on any atom is -0.309 e. The lowest BCUT2D eigenvalue weighted by Crippen LogP contribution is -2.31. The average Bonchev–Trinajstić information content (AvgIpc) is 2.90. The number of nitrogens with zero attached hydrogens (tertiary/aromatic N) is 2. The van der Waals surface area contributed by atoms with Gasteiger partial charge in [-0.3, -0.25) is 0 Å². The van der Waals surface area contributed by atoms with Gasteiger partial charge in [0.05, 0.1) is 10.6 Å². The topological polar surface area (TPSA) is 37.8 Å². The molecule has 1 heterocycles. The van der Waals surface area contributed by atoms with Gasteiger partial charge in [-0.1, -0.05) is 44.5 Å². The lowest BCUT2D eigenvalue weighted by atomic mass is 9.78. The summed E-state index contributed by atoms with van der Waals surface area (Å²) in [4.78, 5) is 1.42. The van der Waals surface area contributed by atoms with Crippen LogP contribution >= 0.6 is 11.5 Å². The Morgan fingerprint density at radius 3 is 2.60 bits per heavy atom. The van der Waals surface area contributed by atoms with Crippen molar-refractivity contribution in [1.82, 2.24) is 14.9 Å². The molecule has 1 aromatic rings. The molecule has 1 aliphatic carbocycles. The molecule has 0 radical (unpaired) electrons. The maximum Gasteiger partial charge on any atom is 0.0803 e. The van der Waals surface area contributed by atoms with E-state index in [1.165, 1.54) is 42.7 Å². The van der Waals surface area contributed by atoms with Crippen LogP contribution in [0.4, 0.5) is 0 Å². The number of aryl methyl sites for hydroxylation is 1. The first-order valence-corrected chi connectivity index (χ1v) is 9.08. The van der Waals surface area contributed by atoms with E-state index in [1.54, 1.807) is 11.5 Å². The van der Waals surface area contributed by atoms with Crippen LogP contribution in [0, 0.1) is 11.8 Å². The Balaban J connectivity index is 2.11. The second-order valence-electron chi connectivity index (χ2n) is 6.29. The molecule has 1 fully saturated rings. The van der Waals surface area contributed by atoms with Crippen LogP contribution in [0.15, 0.2) is 0 Å². The van der Waals surface area contributed by atoms with E-state index in [4.69, 9.17) is 0 Å². The summed E-state index contributed by atoms with van der Waals surface area (Å²) in [6.45, 7) is 7.95. The molecule has 0 aliphatic heterocycles. The molecule has 1 aliphatic rings. The van der Waals surface area contributed by atoms with Gasteiger partial charge in [-0.2, -0.15) is 0 Å². The minimum absolute atomic E-state index is 0.490. The molecule has 1 saturated carbocycles. The maximum absolute atomic E-state index is 4.37. The Hall–Kier alpha value is -0.480. The standard InChI is InChI=1S/C16H29N3S/c1-4-6-14-16(20-19-18-14)15(17-11-5-2)13-9-7-12(3)8-10-13/h12-13,15,17H,4-11H2,1-3H3. The highest BCUT2D eigenvalue weighted by atomic mass is 32.1. The third-order valence-corrected chi connectivity index (χ3v) is 5.35. The smallest absolute Gasteiger partial charge is 0.0803 e. The first-order chi connectivity index (χ1) is 9.76. The number of hydrogen-bond acceptors (Lipinski definition) is 4. The Morgan fingerprint density at radius 2 is 1.95 bits per heavy atom. The molecule has 0 spiro atoms. The summed E-state index contributed by atoms with van der Waals surface area (Å²) in [6.07, 6.45) is 8.88. The van der Waals surface area contributed by atoms with Crippen molar-refractivity contribution in [3.63, 3.8) is 0 Å². The van der Waals surface area contributed by atoms with Gasteiger partial charge in [-0.15, -0.1) is 5.10 Å². The summed E-state index contributed by atoms with van der Waals surface area (Å²) in [6, 6.07) is 0.490. The Bertz CT molecular complexity index is 383. The molecule has 0 saturated heterocycles. The van der Waals surface area contributed by atoms with Crippen LogP contribution < -0.4 is 5.32 Å². The summed E-state index contributed by atoms with van der Waals surface area (Å²) in [5, 5.41) is 8.16. The van der Waals surface area contributed by atoms with Crippen LogP contribution in [0.5, 0.6) is 0 Å². The fourth-order valence-electron chi connectivity index (χ4n) is 3.25.